The summed E-state index contributed by atoms with van der Waals surface area (Å²) in [5.74, 6) is 0.600. The Labute approximate surface area is 191 Å². The number of fused-ring (bicyclic) bond motifs is 1. The first-order chi connectivity index (χ1) is 15.3. The van der Waals surface area contributed by atoms with Crippen LogP contribution in [0.2, 0.25) is 0 Å². The number of hydrogen-bond donors (Lipinski definition) is 0. The Morgan fingerprint density at radius 1 is 1.16 bits per heavy atom. The van der Waals surface area contributed by atoms with Crippen LogP contribution in [0.25, 0.3) is 10.2 Å². The second-order valence-electron chi connectivity index (χ2n) is 8.04. The van der Waals surface area contributed by atoms with E-state index in [1.54, 1.807) is 44.1 Å². The molecule has 0 atom stereocenters. The highest BCUT2D eigenvalue weighted by Gasteiger charge is 2.27. The quantitative estimate of drug-likeness (QED) is 0.533. The third-order valence-corrected chi connectivity index (χ3v) is 8.68. The van der Waals surface area contributed by atoms with Crippen molar-refractivity contribution in [2.75, 3.05) is 20.2 Å². The Kier molecular flexibility index (Phi) is 6.39. The van der Waals surface area contributed by atoms with Crippen molar-refractivity contribution in [2.45, 2.75) is 42.9 Å². The molecule has 0 radical (unpaired) electrons. The van der Waals surface area contributed by atoms with Gasteiger partial charge in [-0.2, -0.15) is 0 Å². The summed E-state index contributed by atoms with van der Waals surface area (Å²) in [6, 6.07) is 12.1. The molecular weight excluding hydrogens is 448 g/mol. The lowest BCUT2D eigenvalue weighted by Crippen LogP contribution is -2.41. The van der Waals surface area contributed by atoms with E-state index in [-0.39, 0.29) is 16.9 Å². The van der Waals surface area contributed by atoms with Gasteiger partial charge in [-0.1, -0.05) is 17.4 Å². The van der Waals surface area contributed by atoms with Gasteiger partial charge in [-0.25, -0.2) is 13.4 Å². The fraction of sp³-hybridized carbons (Fsp3) is 0.391. The Morgan fingerprint density at radius 2 is 1.91 bits per heavy atom. The number of aromatic nitrogens is 1. The number of likely N-dealkylation sites (tertiary alicyclic amines) is 1. The van der Waals surface area contributed by atoms with Gasteiger partial charge in [0.25, 0.3) is 11.1 Å². The molecule has 0 spiro atoms. The van der Waals surface area contributed by atoms with Crippen molar-refractivity contribution in [3.8, 4) is 10.9 Å². The maximum absolute atomic E-state index is 13.0. The summed E-state index contributed by atoms with van der Waals surface area (Å²) < 4.78 is 37.3. The second kappa shape index (κ2) is 9.07. The smallest absolute Gasteiger partial charge is 0.274 e. The number of benzene rings is 2. The molecule has 1 amide bonds. The van der Waals surface area contributed by atoms with Gasteiger partial charge in [-0.05, 0) is 44.2 Å². The van der Waals surface area contributed by atoms with Crippen molar-refractivity contribution in [1.29, 1.82) is 0 Å². The normalized spacial score (nSPS) is 15.3. The number of rotatable bonds is 6. The van der Waals surface area contributed by atoms with E-state index in [9.17, 15) is 13.2 Å². The van der Waals surface area contributed by atoms with E-state index in [4.69, 9.17) is 9.47 Å². The number of hydrogen-bond acceptors (Lipinski definition) is 7. The molecule has 0 unspecified atom stereocenters. The van der Waals surface area contributed by atoms with Crippen LogP contribution in [0.15, 0.2) is 47.4 Å². The van der Waals surface area contributed by atoms with Crippen molar-refractivity contribution >= 4 is 37.3 Å². The van der Waals surface area contributed by atoms with Crippen LogP contribution < -0.4 is 9.47 Å². The lowest BCUT2D eigenvalue weighted by Gasteiger charge is -2.31. The SMILES string of the molecule is COc1ccc2sc(OC3CCN(C(=O)c4cccc(S(=O)(=O)C(C)C)c4)CC3)nc2c1. The largest absolute Gasteiger partial charge is 0.497 e. The topological polar surface area (TPSA) is 85.8 Å². The Balaban J connectivity index is 1.39. The van der Waals surface area contributed by atoms with Gasteiger partial charge >= 0.3 is 0 Å². The van der Waals surface area contributed by atoms with Gasteiger partial charge in [0.05, 0.1) is 27.5 Å². The van der Waals surface area contributed by atoms with Gasteiger partial charge < -0.3 is 14.4 Å². The summed E-state index contributed by atoms with van der Waals surface area (Å²) in [7, 11) is -1.80. The van der Waals surface area contributed by atoms with E-state index >= 15 is 0 Å². The van der Waals surface area contributed by atoms with Crippen molar-refractivity contribution < 1.29 is 22.7 Å². The molecule has 3 aromatic rings. The minimum Gasteiger partial charge on any atom is -0.497 e. The predicted octanol–water partition coefficient (Wildman–Crippen LogP) is 4.17. The number of thiazole rings is 1. The molecule has 2 heterocycles. The summed E-state index contributed by atoms with van der Waals surface area (Å²) >= 11 is 1.49. The Bertz CT molecular complexity index is 1230. The number of sulfone groups is 1. The molecule has 4 rings (SSSR count). The lowest BCUT2D eigenvalue weighted by atomic mass is 10.1. The Hall–Kier alpha value is -2.65. The van der Waals surface area contributed by atoms with Crippen molar-refractivity contribution in [3.05, 3.63) is 48.0 Å². The average Bonchev–Trinajstić information content (AvgIpc) is 3.20. The van der Waals surface area contributed by atoms with Gasteiger partial charge in [-0.3, -0.25) is 4.79 Å². The molecule has 1 aliphatic heterocycles. The highest BCUT2D eigenvalue weighted by atomic mass is 32.2. The van der Waals surface area contributed by atoms with Crippen LogP contribution in [0.5, 0.6) is 10.9 Å². The van der Waals surface area contributed by atoms with Crippen molar-refractivity contribution in [1.82, 2.24) is 9.88 Å². The molecule has 1 saturated heterocycles. The molecule has 9 heteroatoms. The van der Waals surface area contributed by atoms with Gasteiger partial charge in [0.15, 0.2) is 9.84 Å². The van der Waals surface area contributed by atoms with Gasteiger partial charge in [-0.15, -0.1) is 0 Å². The monoisotopic (exact) mass is 474 g/mol. The first-order valence-corrected chi connectivity index (χ1v) is 12.9. The minimum absolute atomic E-state index is 0.0193. The van der Waals surface area contributed by atoms with Crippen LogP contribution in [0.1, 0.15) is 37.0 Å². The number of carbonyl (C=O) groups excluding carboxylic acids is 1. The highest BCUT2D eigenvalue weighted by molar-refractivity contribution is 7.92. The van der Waals surface area contributed by atoms with E-state index in [2.05, 4.69) is 4.98 Å². The first-order valence-electron chi connectivity index (χ1n) is 10.5. The summed E-state index contributed by atoms with van der Waals surface area (Å²) in [6.07, 6.45) is 1.36. The number of methoxy groups -OCH3 is 1. The van der Waals surface area contributed by atoms with Crippen LogP contribution >= 0.6 is 11.3 Å². The molecular formula is C23H26N2O5S2. The molecule has 1 aliphatic rings. The van der Waals surface area contributed by atoms with Crippen LogP contribution in [-0.4, -0.2) is 55.8 Å². The third kappa shape index (κ3) is 4.59. The second-order valence-corrected chi connectivity index (χ2v) is 11.5. The number of ether oxygens (including phenoxy) is 2. The number of piperidine rings is 1. The standard InChI is InChI=1S/C23H26N2O5S2/c1-15(2)32(27,28)19-6-4-5-16(13-19)22(26)25-11-9-17(10-12-25)30-23-24-20-14-18(29-3)7-8-21(20)31-23/h4-8,13-15,17H,9-12H2,1-3H3. The summed E-state index contributed by atoms with van der Waals surface area (Å²) in [5.41, 5.74) is 1.24. The van der Waals surface area contributed by atoms with E-state index in [1.807, 2.05) is 18.2 Å². The van der Waals surface area contributed by atoms with Gasteiger partial charge in [0.2, 0.25) is 0 Å². The summed E-state index contributed by atoms with van der Waals surface area (Å²) in [6.45, 7) is 4.36. The van der Waals surface area contributed by atoms with Crippen molar-refractivity contribution in [3.63, 3.8) is 0 Å². The fourth-order valence-electron chi connectivity index (χ4n) is 3.64. The summed E-state index contributed by atoms with van der Waals surface area (Å²) in [4.78, 5) is 19.4. The lowest BCUT2D eigenvalue weighted by molar-refractivity contribution is 0.0595. The molecule has 0 N–H and O–H groups in total. The fourth-order valence-corrected chi connectivity index (χ4v) is 5.61. The number of nitrogens with zero attached hydrogens (tertiary/aromatic N) is 2. The number of amides is 1. The maximum atomic E-state index is 13.0. The van der Waals surface area contributed by atoms with Gasteiger partial charge in [0, 0.05) is 37.6 Å². The van der Waals surface area contributed by atoms with Gasteiger partial charge in [0.1, 0.15) is 11.9 Å². The van der Waals surface area contributed by atoms with Crippen LogP contribution in [-0.2, 0) is 9.84 Å². The minimum atomic E-state index is -3.43. The zero-order valence-electron chi connectivity index (χ0n) is 18.3. The molecule has 1 aromatic heterocycles. The van der Waals surface area contributed by atoms with E-state index in [0.717, 1.165) is 16.0 Å². The van der Waals surface area contributed by atoms with Crippen molar-refractivity contribution in [2.24, 2.45) is 0 Å². The highest BCUT2D eigenvalue weighted by Crippen LogP contribution is 2.32. The zero-order valence-corrected chi connectivity index (χ0v) is 19.9. The van der Waals surface area contributed by atoms with Crippen LogP contribution in [0.3, 0.4) is 0 Å². The average molecular weight is 475 g/mol. The van der Waals surface area contributed by atoms with Crippen LogP contribution in [0, 0.1) is 0 Å². The first kappa shape index (κ1) is 22.5. The molecule has 32 heavy (non-hydrogen) atoms. The molecule has 170 valence electrons. The molecule has 0 aliphatic carbocycles. The molecule has 7 nitrogen and oxygen atoms in total. The Morgan fingerprint density at radius 3 is 2.59 bits per heavy atom. The molecule has 0 saturated carbocycles. The molecule has 1 fully saturated rings. The third-order valence-electron chi connectivity index (χ3n) is 5.60. The maximum Gasteiger partial charge on any atom is 0.274 e. The molecule has 0 bridgehead atoms. The van der Waals surface area contributed by atoms with E-state index < -0.39 is 15.1 Å². The van der Waals surface area contributed by atoms with E-state index in [0.29, 0.717) is 36.7 Å². The predicted molar refractivity (Wildman–Crippen MR) is 124 cm³/mol. The summed E-state index contributed by atoms with van der Waals surface area (Å²) in [5, 5.41) is 0.0777. The molecule has 2 aromatic carbocycles. The van der Waals surface area contributed by atoms with E-state index in [1.165, 1.54) is 17.4 Å². The zero-order chi connectivity index (χ0) is 22.9. The number of carbonyl (C=O) groups is 1. The van der Waals surface area contributed by atoms with Crippen LogP contribution in [0.4, 0.5) is 0 Å².